The summed E-state index contributed by atoms with van der Waals surface area (Å²) >= 11 is 0. The van der Waals surface area contributed by atoms with Crippen molar-refractivity contribution in [3.63, 3.8) is 0 Å². The van der Waals surface area contributed by atoms with Crippen LogP contribution in [0.5, 0.6) is 17.2 Å². The van der Waals surface area contributed by atoms with Gasteiger partial charge in [0.1, 0.15) is 17.1 Å². The Kier molecular flexibility index (Phi) is 8.42. The minimum Gasteiger partial charge on any atom is -0.507 e. The number of phenolic OH excluding ortho intramolecular Hbond substituents is 1. The molecule has 0 aliphatic carbocycles. The quantitative estimate of drug-likeness (QED) is 0.423. The lowest BCUT2D eigenvalue weighted by atomic mass is 10.1. The number of rotatable bonds is 10. The molecule has 190 valence electrons. The second kappa shape index (κ2) is 11.1. The van der Waals surface area contributed by atoms with E-state index in [1.807, 2.05) is 11.0 Å². The van der Waals surface area contributed by atoms with E-state index in [-0.39, 0.29) is 34.6 Å². The molecule has 0 aliphatic rings. The Labute approximate surface area is 200 Å². The molecule has 1 aromatic heterocycles. The van der Waals surface area contributed by atoms with Crippen LogP contribution >= 0.6 is 0 Å². The number of hydrogen-bond donors (Lipinski definition) is 1. The summed E-state index contributed by atoms with van der Waals surface area (Å²) in [7, 11) is 3.05. The molecule has 0 radical (unpaired) electrons. The lowest BCUT2D eigenvalue weighted by Crippen LogP contribution is -2.30. The third-order valence-electron chi connectivity index (χ3n) is 5.37. The first-order chi connectivity index (χ1) is 16.5. The fourth-order valence-electron chi connectivity index (χ4n) is 3.76. The van der Waals surface area contributed by atoms with E-state index in [9.17, 15) is 23.1 Å². The highest BCUT2D eigenvalue weighted by atomic mass is 19.4. The van der Waals surface area contributed by atoms with Crippen LogP contribution in [0.2, 0.25) is 0 Å². The van der Waals surface area contributed by atoms with Crippen molar-refractivity contribution in [2.45, 2.75) is 26.6 Å². The molecule has 1 heterocycles. The first kappa shape index (κ1) is 26.5. The second-order valence-electron chi connectivity index (χ2n) is 8.21. The fourth-order valence-corrected chi connectivity index (χ4v) is 3.76. The molecule has 0 atom stereocenters. The SMILES string of the molecule is COCCN(CCOC)Cc1c(O)ccc2c(=O)c(Oc3cc(C)cc(C)c3)c(C(F)(F)F)oc12. The van der Waals surface area contributed by atoms with Crippen molar-refractivity contribution >= 4 is 11.0 Å². The number of benzene rings is 2. The van der Waals surface area contributed by atoms with Crippen LogP contribution in [-0.4, -0.2) is 50.5 Å². The Bertz CT molecular complexity index is 1210. The van der Waals surface area contributed by atoms with Crippen LogP contribution in [0.4, 0.5) is 13.2 Å². The standard InChI is InChI=1S/C25H28F3NO6/c1-15-11-16(2)13-17(12-15)34-23-21(31)18-5-6-20(30)19(22(18)35-24(23)25(26,27)28)14-29(7-9-32-3)8-10-33-4/h5-6,11-13,30H,7-10,14H2,1-4H3. The number of aryl methyl sites for hydroxylation is 2. The van der Waals surface area contributed by atoms with Crippen LogP contribution in [0.15, 0.2) is 39.5 Å². The van der Waals surface area contributed by atoms with E-state index in [0.29, 0.717) is 26.3 Å². The van der Waals surface area contributed by atoms with Gasteiger partial charge in [-0.15, -0.1) is 0 Å². The fraction of sp³-hybridized carbons (Fsp3) is 0.400. The number of phenols is 1. The van der Waals surface area contributed by atoms with Crippen molar-refractivity contribution in [3.05, 3.63) is 63.0 Å². The largest absolute Gasteiger partial charge is 0.507 e. The Morgan fingerprint density at radius 2 is 1.60 bits per heavy atom. The molecule has 35 heavy (non-hydrogen) atoms. The summed E-state index contributed by atoms with van der Waals surface area (Å²) in [5.41, 5.74) is 0.237. The average Bonchev–Trinajstić information content (AvgIpc) is 2.77. The van der Waals surface area contributed by atoms with Crippen molar-refractivity contribution in [3.8, 4) is 17.2 Å². The molecule has 0 saturated heterocycles. The van der Waals surface area contributed by atoms with Gasteiger partial charge in [-0.25, -0.2) is 0 Å². The van der Waals surface area contributed by atoms with E-state index in [4.69, 9.17) is 18.6 Å². The average molecular weight is 495 g/mol. The highest BCUT2D eigenvalue weighted by Crippen LogP contribution is 2.40. The molecule has 0 bridgehead atoms. The van der Waals surface area contributed by atoms with Gasteiger partial charge in [0.15, 0.2) is 0 Å². The smallest absolute Gasteiger partial charge is 0.453 e. The number of aromatic hydroxyl groups is 1. The molecule has 0 amide bonds. The zero-order chi connectivity index (χ0) is 25.8. The van der Waals surface area contributed by atoms with Crippen molar-refractivity contribution < 1.29 is 36.9 Å². The lowest BCUT2D eigenvalue weighted by Gasteiger charge is -2.23. The summed E-state index contributed by atoms with van der Waals surface area (Å²) in [5.74, 6) is -2.73. The monoisotopic (exact) mass is 495 g/mol. The zero-order valence-electron chi connectivity index (χ0n) is 20.0. The number of methoxy groups -OCH3 is 2. The molecule has 0 aliphatic heterocycles. The molecular formula is C25H28F3NO6. The van der Waals surface area contributed by atoms with Crippen LogP contribution in [0.25, 0.3) is 11.0 Å². The molecule has 1 N–H and O–H groups in total. The van der Waals surface area contributed by atoms with E-state index in [2.05, 4.69) is 0 Å². The maximum absolute atomic E-state index is 14.0. The zero-order valence-corrected chi connectivity index (χ0v) is 20.0. The number of alkyl halides is 3. The number of fused-ring (bicyclic) bond motifs is 1. The third-order valence-corrected chi connectivity index (χ3v) is 5.37. The number of ether oxygens (including phenoxy) is 3. The van der Waals surface area contributed by atoms with E-state index < -0.39 is 23.1 Å². The van der Waals surface area contributed by atoms with Gasteiger partial charge in [-0.1, -0.05) is 6.07 Å². The third kappa shape index (κ3) is 6.33. The van der Waals surface area contributed by atoms with Gasteiger partial charge in [0, 0.05) is 33.9 Å². The first-order valence-electron chi connectivity index (χ1n) is 10.9. The van der Waals surface area contributed by atoms with Gasteiger partial charge in [-0.3, -0.25) is 9.69 Å². The van der Waals surface area contributed by atoms with Gasteiger partial charge in [-0.05, 0) is 49.2 Å². The van der Waals surface area contributed by atoms with Gasteiger partial charge in [0.2, 0.25) is 11.2 Å². The molecular weight excluding hydrogens is 467 g/mol. The molecule has 0 saturated carbocycles. The topological polar surface area (TPSA) is 81.4 Å². The molecule has 2 aromatic carbocycles. The highest BCUT2D eigenvalue weighted by molar-refractivity contribution is 5.83. The summed E-state index contributed by atoms with van der Waals surface area (Å²) in [4.78, 5) is 15.1. The van der Waals surface area contributed by atoms with Gasteiger partial charge in [0.05, 0.1) is 24.2 Å². The van der Waals surface area contributed by atoms with Crippen molar-refractivity contribution in [2.24, 2.45) is 0 Å². The molecule has 3 rings (SSSR count). The maximum atomic E-state index is 14.0. The summed E-state index contributed by atoms with van der Waals surface area (Å²) < 4.78 is 63.0. The summed E-state index contributed by atoms with van der Waals surface area (Å²) in [6.07, 6.45) is -5.02. The van der Waals surface area contributed by atoms with Crippen LogP contribution < -0.4 is 10.2 Å². The van der Waals surface area contributed by atoms with Crippen molar-refractivity contribution in [1.29, 1.82) is 0 Å². The highest BCUT2D eigenvalue weighted by Gasteiger charge is 2.41. The lowest BCUT2D eigenvalue weighted by molar-refractivity contribution is -0.154. The molecule has 10 heteroatoms. The maximum Gasteiger partial charge on any atom is 0.453 e. The summed E-state index contributed by atoms with van der Waals surface area (Å²) in [5, 5.41) is 10.4. The van der Waals surface area contributed by atoms with E-state index >= 15 is 0 Å². The molecule has 0 fully saturated rings. The van der Waals surface area contributed by atoms with E-state index in [0.717, 1.165) is 11.1 Å². The first-order valence-corrected chi connectivity index (χ1v) is 10.9. The predicted molar refractivity (Wildman–Crippen MR) is 124 cm³/mol. The van der Waals surface area contributed by atoms with E-state index in [1.54, 1.807) is 13.8 Å². The number of halogens is 3. The molecule has 3 aromatic rings. The summed E-state index contributed by atoms with van der Waals surface area (Å²) in [6.45, 7) is 5.07. The van der Waals surface area contributed by atoms with E-state index in [1.165, 1.54) is 38.5 Å². The summed E-state index contributed by atoms with van der Waals surface area (Å²) in [6, 6.07) is 7.37. The van der Waals surface area contributed by atoms with Crippen LogP contribution in [0.1, 0.15) is 22.5 Å². The minimum atomic E-state index is -5.02. The van der Waals surface area contributed by atoms with Crippen LogP contribution in [0.3, 0.4) is 0 Å². The minimum absolute atomic E-state index is 0.00735. The van der Waals surface area contributed by atoms with Gasteiger partial charge < -0.3 is 23.7 Å². The van der Waals surface area contributed by atoms with Gasteiger partial charge >= 0.3 is 6.18 Å². The van der Waals surface area contributed by atoms with Gasteiger partial charge in [-0.2, -0.15) is 13.2 Å². The number of hydrogen-bond acceptors (Lipinski definition) is 7. The van der Waals surface area contributed by atoms with Gasteiger partial charge in [0.25, 0.3) is 5.76 Å². The normalized spacial score (nSPS) is 12.0. The van der Waals surface area contributed by atoms with Crippen molar-refractivity contribution in [2.75, 3.05) is 40.5 Å². The van der Waals surface area contributed by atoms with Crippen molar-refractivity contribution in [1.82, 2.24) is 4.90 Å². The Hall–Kier alpha value is -3.08. The Balaban J connectivity index is 2.17. The molecule has 0 unspecified atom stereocenters. The molecule has 7 nitrogen and oxygen atoms in total. The predicted octanol–water partition coefficient (Wildman–Crippen LogP) is 5.02. The second-order valence-corrected chi connectivity index (χ2v) is 8.21. The van der Waals surface area contributed by atoms with Crippen LogP contribution in [0, 0.1) is 13.8 Å². The molecule has 0 spiro atoms. The number of nitrogens with zero attached hydrogens (tertiary/aromatic N) is 1. The van der Waals surface area contributed by atoms with Crippen LogP contribution in [-0.2, 0) is 22.2 Å². The Morgan fingerprint density at radius 1 is 1.00 bits per heavy atom. The Morgan fingerprint density at radius 3 is 2.14 bits per heavy atom.